The molecule has 4 unspecified atom stereocenters. The molecule has 170 valence electrons. The van der Waals surface area contributed by atoms with Gasteiger partial charge in [-0.3, -0.25) is 24.3 Å². The van der Waals surface area contributed by atoms with Gasteiger partial charge in [0.2, 0.25) is 17.7 Å². The van der Waals surface area contributed by atoms with Gasteiger partial charge >= 0.3 is 0 Å². The van der Waals surface area contributed by atoms with Gasteiger partial charge in [0.1, 0.15) is 0 Å². The standard InChI is InChI=1S/C24H31N5O3/c1-3-5-19(30)28-18-7-4-6-15(12-18)14-27-24(25-2)26-10-11-29-22(31)20-16-8-9-17(13-16)21(20)23(29)32/h4,6-9,12,16-17,20-21H,3,5,10-11,13-14H2,1-2H3,(H,28,30)(H2,25,26,27). The first-order valence-electron chi connectivity index (χ1n) is 11.4. The topological polar surface area (TPSA) is 103 Å². The molecule has 1 aromatic carbocycles. The van der Waals surface area contributed by atoms with Crippen LogP contribution in [0.1, 0.15) is 31.7 Å². The summed E-state index contributed by atoms with van der Waals surface area (Å²) in [6.07, 6.45) is 6.46. The van der Waals surface area contributed by atoms with E-state index in [1.54, 1.807) is 7.05 Å². The van der Waals surface area contributed by atoms with Crippen molar-refractivity contribution in [2.45, 2.75) is 32.7 Å². The molecule has 3 amide bonds. The van der Waals surface area contributed by atoms with E-state index in [4.69, 9.17) is 0 Å². The number of hydrogen-bond acceptors (Lipinski definition) is 4. The van der Waals surface area contributed by atoms with Crippen LogP contribution in [0.5, 0.6) is 0 Å². The number of rotatable bonds is 8. The highest BCUT2D eigenvalue weighted by Gasteiger charge is 2.58. The van der Waals surface area contributed by atoms with E-state index in [0.29, 0.717) is 32.0 Å². The fraction of sp³-hybridized carbons (Fsp3) is 0.500. The van der Waals surface area contributed by atoms with Crippen LogP contribution in [0.3, 0.4) is 0 Å². The molecular weight excluding hydrogens is 406 g/mol. The van der Waals surface area contributed by atoms with Crippen LogP contribution in [-0.4, -0.2) is 48.7 Å². The fourth-order valence-electron chi connectivity index (χ4n) is 5.09. The number of carbonyl (C=O) groups excluding carboxylic acids is 3. The summed E-state index contributed by atoms with van der Waals surface area (Å²) in [6.45, 7) is 3.27. The third-order valence-corrected chi connectivity index (χ3v) is 6.56. The maximum Gasteiger partial charge on any atom is 0.233 e. The second-order valence-corrected chi connectivity index (χ2v) is 8.68. The first-order chi connectivity index (χ1) is 15.5. The van der Waals surface area contributed by atoms with Crippen LogP contribution in [0.2, 0.25) is 0 Å². The molecule has 1 heterocycles. The average Bonchev–Trinajstić information content (AvgIpc) is 3.46. The molecule has 0 spiro atoms. The summed E-state index contributed by atoms with van der Waals surface area (Å²) in [6, 6.07) is 7.67. The van der Waals surface area contributed by atoms with Gasteiger partial charge in [-0.15, -0.1) is 0 Å². The summed E-state index contributed by atoms with van der Waals surface area (Å²) in [5.41, 5.74) is 1.77. The molecular formula is C24H31N5O3. The minimum Gasteiger partial charge on any atom is -0.355 e. The Labute approximate surface area is 188 Å². The number of allylic oxidation sites excluding steroid dienone is 2. The van der Waals surface area contributed by atoms with Gasteiger partial charge in [-0.2, -0.15) is 0 Å². The highest BCUT2D eigenvalue weighted by atomic mass is 16.2. The zero-order valence-electron chi connectivity index (χ0n) is 18.6. The number of benzene rings is 1. The number of carbonyl (C=O) groups is 3. The Balaban J connectivity index is 1.24. The molecule has 8 nitrogen and oxygen atoms in total. The largest absolute Gasteiger partial charge is 0.355 e. The van der Waals surface area contributed by atoms with E-state index in [9.17, 15) is 14.4 Å². The number of guanidine groups is 1. The Kier molecular flexibility index (Phi) is 6.58. The number of fused-ring (bicyclic) bond motifs is 5. The predicted molar refractivity (Wildman–Crippen MR) is 123 cm³/mol. The van der Waals surface area contributed by atoms with Gasteiger partial charge in [-0.05, 0) is 42.4 Å². The molecule has 3 N–H and O–H groups in total. The first kappa shape index (κ1) is 22.0. The molecule has 32 heavy (non-hydrogen) atoms. The third kappa shape index (κ3) is 4.40. The minimum absolute atomic E-state index is 0.00835. The normalized spacial score (nSPS) is 25.9. The van der Waals surface area contributed by atoms with Crippen LogP contribution in [-0.2, 0) is 20.9 Å². The first-order valence-corrected chi connectivity index (χ1v) is 11.4. The Morgan fingerprint density at radius 3 is 2.50 bits per heavy atom. The Morgan fingerprint density at radius 2 is 1.84 bits per heavy atom. The zero-order valence-corrected chi connectivity index (χ0v) is 18.6. The monoisotopic (exact) mass is 437 g/mol. The molecule has 1 saturated carbocycles. The third-order valence-electron chi connectivity index (χ3n) is 6.56. The van der Waals surface area contributed by atoms with Crippen LogP contribution in [0.15, 0.2) is 41.4 Å². The smallest absolute Gasteiger partial charge is 0.233 e. The van der Waals surface area contributed by atoms with Crippen LogP contribution in [0.25, 0.3) is 0 Å². The number of nitrogens with one attached hydrogen (secondary N) is 3. The highest BCUT2D eigenvalue weighted by molar-refractivity contribution is 6.06. The van der Waals surface area contributed by atoms with Crippen molar-refractivity contribution in [1.82, 2.24) is 15.5 Å². The maximum absolute atomic E-state index is 12.8. The van der Waals surface area contributed by atoms with E-state index >= 15 is 0 Å². The Hall–Kier alpha value is -3.16. The summed E-state index contributed by atoms with van der Waals surface area (Å²) < 4.78 is 0. The van der Waals surface area contributed by atoms with E-state index < -0.39 is 0 Å². The average molecular weight is 438 g/mol. The zero-order chi connectivity index (χ0) is 22.7. The molecule has 4 atom stereocenters. The summed E-state index contributed by atoms with van der Waals surface area (Å²) in [7, 11) is 1.68. The number of aliphatic imine (C=N–C) groups is 1. The summed E-state index contributed by atoms with van der Waals surface area (Å²) in [4.78, 5) is 43.0. The molecule has 4 rings (SSSR count). The van der Waals surface area contributed by atoms with Gasteiger partial charge in [0.25, 0.3) is 0 Å². The number of likely N-dealkylation sites (tertiary alicyclic amines) is 1. The molecule has 1 aromatic rings. The second kappa shape index (κ2) is 9.54. The van der Waals surface area contributed by atoms with Crippen molar-refractivity contribution in [3.05, 3.63) is 42.0 Å². The molecule has 2 bridgehead atoms. The number of nitrogens with zero attached hydrogens (tertiary/aromatic N) is 2. The summed E-state index contributed by atoms with van der Waals surface area (Å²) >= 11 is 0. The van der Waals surface area contributed by atoms with E-state index in [1.807, 2.05) is 31.2 Å². The van der Waals surface area contributed by atoms with Crippen molar-refractivity contribution in [3.63, 3.8) is 0 Å². The lowest BCUT2D eigenvalue weighted by atomic mass is 9.85. The van der Waals surface area contributed by atoms with Crippen molar-refractivity contribution < 1.29 is 14.4 Å². The van der Waals surface area contributed by atoms with E-state index in [1.165, 1.54) is 4.90 Å². The molecule has 2 aliphatic carbocycles. The molecule has 8 heteroatoms. The van der Waals surface area contributed by atoms with Crippen LogP contribution in [0, 0.1) is 23.7 Å². The van der Waals surface area contributed by atoms with Gasteiger partial charge in [-0.1, -0.05) is 31.2 Å². The van der Waals surface area contributed by atoms with E-state index in [0.717, 1.165) is 24.1 Å². The maximum atomic E-state index is 12.8. The van der Waals surface area contributed by atoms with Crippen molar-refractivity contribution in [3.8, 4) is 0 Å². The number of amides is 3. The molecule has 1 saturated heterocycles. The van der Waals surface area contributed by atoms with Crippen molar-refractivity contribution in [1.29, 1.82) is 0 Å². The lowest BCUT2D eigenvalue weighted by Crippen LogP contribution is -2.43. The second-order valence-electron chi connectivity index (χ2n) is 8.68. The van der Waals surface area contributed by atoms with Gasteiger partial charge in [0, 0.05) is 38.8 Å². The summed E-state index contributed by atoms with van der Waals surface area (Å²) in [5.74, 6) is 0.709. The minimum atomic E-state index is -0.153. The lowest BCUT2D eigenvalue weighted by molar-refractivity contribution is -0.140. The molecule has 1 aliphatic heterocycles. The van der Waals surface area contributed by atoms with Crippen molar-refractivity contribution >= 4 is 29.4 Å². The quantitative estimate of drug-likeness (QED) is 0.249. The van der Waals surface area contributed by atoms with Gasteiger partial charge in [0.15, 0.2) is 5.96 Å². The van der Waals surface area contributed by atoms with Crippen LogP contribution < -0.4 is 16.0 Å². The van der Waals surface area contributed by atoms with Crippen molar-refractivity contribution in [2.24, 2.45) is 28.7 Å². The SMILES string of the molecule is CCCC(=O)Nc1cccc(CNC(=NC)NCCN2C(=O)C3C4C=CC(C4)C3C2=O)c1. The Morgan fingerprint density at radius 1 is 1.12 bits per heavy atom. The molecule has 0 aromatic heterocycles. The Bertz CT molecular complexity index is 927. The number of anilines is 1. The number of imide groups is 1. The fourth-order valence-corrected chi connectivity index (χ4v) is 5.09. The lowest BCUT2D eigenvalue weighted by Gasteiger charge is -2.18. The van der Waals surface area contributed by atoms with Gasteiger partial charge < -0.3 is 16.0 Å². The summed E-state index contributed by atoms with van der Waals surface area (Å²) in [5, 5.41) is 9.31. The predicted octanol–water partition coefficient (Wildman–Crippen LogP) is 1.90. The molecule has 0 radical (unpaired) electrons. The highest BCUT2D eigenvalue weighted by Crippen LogP contribution is 2.52. The number of hydrogen-bond donors (Lipinski definition) is 3. The van der Waals surface area contributed by atoms with E-state index in [2.05, 4.69) is 33.1 Å². The van der Waals surface area contributed by atoms with Crippen LogP contribution in [0.4, 0.5) is 5.69 Å². The molecule has 3 aliphatic rings. The van der Waals surface area contributed by atoms with Gasteiger partial charge in [0.05, 0.1) is 11.8 Å². The van der Waals surface area contributed by atoms with Crippen LogP contribution >= 0.6 is 0 Å². The molecule has 2 fully saturated rings. The van der Waals surface area contributed by atoms with E-state index in [-0.39, 0.29) is 41.4 Å². The van der Waals surface area contributed by atoms with Crippen molar-refractivity contribution in [2.75, 3.05) is 25.5 Å². The van der Waals surface area contributed by atoms with Gasteiger partial charge in [-0.25, -0.2) is 0 Å².